The summed E-state index contributed by atoms with van der Waals surface area (Å²) in [4.78, 5) is 0. The normalized spacial score (nSPS) is 0. The maximum atomic E-state index is 0. The molecule has 0 aromatic heterocycles. The summed E-state index contributed by atoms with van der Waals surface area (Å²) in [6, 6.07) is 0. The van der Waals surface area contributed by atoms with Crippen molar-refractivity contribution in [2.24, 2.45) is 0 Å². The van der Waals surface area contributed by atoms with Gasteiger partial charge in [-0.25, -0.2) is 0 Å². The summed E-state index contributed by atoms with van der Waals surface area (Å²) in [5.41, 5.74) is 0. The topological polar surface area (TPSA) is 280 Å². The molecule has 0 heterocycles. The second kappa shape index (κ2) is 377. The van der Waals surface area contributed by atoms with Crippen LogP contribution in [0.1, 0.15) is 0 Å². The van der Waals surface area contributed by atoms with Crippen LogP contribution in [0.4, 0.5) is 0 Å². The molecular weight excluding hydrogens is 294 g/mol. The predicted molar refractivity (Wildman–Crippen MR) is 29.2 cm³/mol. The Bertz CT molecular complexity index is 15.6. The second-order valence-corrected chi connectivity index (χ2v) is 0. The van der Waals surface area contributed by atoms with Gasteiger partial charge in [0, 0.05) is 34.7 Å². The smallest absolute Gasteiger partial charge is 0.870 e. The van der Waals surface area contributed by atoms with E-state index in [1.807, 2.05) is 0 Å². The molecule has 13 heteroatoms. The molecule has 0 spiro atoms. The molecule has 0 rings (SSSR count). The molecule has 0 aliphatic heterocycles. The van der Waals surface area contributed by atoms with Gasteiger partial charge in [0.15, 0.2) is 0 Å². The fraction of sp³-hybridized carbons (Fsp3) is 0. The molecule has 16 N–H and O–H groups in total. The van der Waals surface area contributed by atoms with E-state index < -0.39 is 0 Å². The Kier molecular flexibility index (Phi) is 13500. The van der Waals surface area contributed by atoms with Gasteiger partial charge in [0.05, 0.1) is 0 Å². The first-order valence-electron chi connectivity index (χ1n) is 0. The van der Waals surface area contributed by atoms with Crippen LogP contribution in [0.5, 0.6) is 0 Å². The standard InChI is InChI=1S/2Cr.2Na.9H2O/h;;;;9*1H2/q;;2*+1;;;;;;;;;/p-2. The van der Waals surface area contributed by atoms with Gasteiger partial charge in [-0.15, -0.1) is 0 Å². The van der Waals surface area contributed by atoms with E-state index in [1.165, 1.54) is 0 Å². The predicted octanol–water partition coefficient (Wildman–Crippen LogP) is -12.1. The van der Waals surface area contributed by atoms with Crippen molar-refractivity contribution in [1.82, 2.24) is 0 Å². The molecular formula is H16Cr2Na2O9. The van der Waals surface area contributed by atoms with E-state index in [1.54, 1.807) is 0 Å². The van der Waals surface area contributed by atoms with Crippen molar-refractivity contribution < 1.29 is 143 Å². The molecule has 0 amide bonds. The second-order valence-electron chi connectivity index (χ2n) is 0. The van der Waals surface area contributed by atoms with Gasteiger partial charge in [-0.3, -0.25) is 0 Å². The summed E-state index contributed by atoms with van der Waals surface area (Å²) in [5, 5.41) is 0. The van der Waals surface area contributed by atoms with Gasteiger partial charge in [-0.05, 0) is 0 Å². The molecule has 0 radical (unpaired) electrons. The molecule has 0 saturated heterocycles. The van der Waals surface area contributed by atoms with Crippen LogP contribution in [0.15, 0.2) is 0 Å². The van der Waals surface area contributed by atoms with Gasteiger partial charge in [0.1, 0.15) is 0 Å². The number of hydrogen-bond donors (Lipinski definition) is 0. The minimum Gasteiger partial charge on any atom is -0.870 e. The zero-order valence-electron chi connectivity index (χ0n) is 7.21. The minimum atomic E-state index is 0. The fourth-order valence-corrected chi connectivity index (χ4v) is 0. The van der Waals surface area contributed by atoms with E-state index in [0.29, 0.717) is 0 Å². The van der Waals surface area contributed by atoms with Crippen LogP contribution in [0.25, 0.3) is 0 Å². The van der Waals surface area contributed by atoms with Crippen molar-refractivity contribution in [3.63, 3.8) is 0 Å². The monoisotopic (exact) mass is 310 g/mol. The zero-order chi connectivity index (χ0) is 0. The summed E-state index contributed by atoms with van der Waals surface area (Å²) in [5.74, 6) is 0. The van der Waals surface area contributed by atoms with Crippen LogP contribution in [0.2, 0.25) is 0 Å². The van der Waals surface area contributed by atoms with Crippen molar-refractivity contribution in [2.75, 3.05) is 0 Å². The van der Waals surface area contributed by atoms with E-state index in [0.717, 1.165) is 0 Å². The van der Waals surface area contributed by atoms with E-state index in [9.17, 15) is 0 Å². The Hall–Kier alpha value is 2.70. The summed E-state index contributed by atoms with van der Waals surface area (Å²) in [7, 11) is 0. The maximum absolute atomic E-state index is 0. The molecule has 0 aromatic rings. The van der Waals surface area contributed by atoms with Crippen molar-refractivity contribution in [3.05, 3.63) is 0 Å². The Morgan fingerprint density at radius 1 is 0.308 bits per heavy atom. The molecule has 9 nitrogen and oxygen atoms in total. The number of hydrogen-bond acceptors (Lipinski definition) is 2. The van der Waals surface area contributed by atoms with Gasteiger partial charge in [-0.1, -0.05) is 0 Å². The fourth-order valence-electron chi connectivity index (χ4n) is 0. The van der Waals surface area contributed by atoms with Gasteiger partial charge < -0.3 is 49.3 Å². The Morgan fingerprint density at radius 2 is 0.308 bits per heavy atom. The molecule has 0 saturated carbocycles. The van der Waals surface area contributed by atoms with Gasteiger partial charge >= 0.3 is 59.1 Å². The summed E-state index contributed by atoms with van der Waals surface area (Å²) in [6.45, 7) is 0. The summed E-state index contributed by atoms with van der Waals surface area (Å²) in [6.07, 6.45) is 0. The van der Waals surface area contributed by atoms with E-state index >= 15 is 0 Å². The molecule has 0 aliphatic rings. The van der Waals surface area contributed by atoms with Crippen LogP contribution < -0.4 is 59.1 Å². The third kappa shape index (κ3) is 324. The SMILES string of the molecule is O.O.O.O.O.O.O.[Cr].[Cr].[Na+].[Na+].[OH-].[OH-]. The van der Waals surface area contributed by atoms with Crippen LogP contribution in [0.3, 0.4) is 0 Å². The molecule has 84 valence electrons. The first-order chi connectivity index (χ1) is 0. The van der Waals surface area contributed by atoms with Crippen LogP contribution in [0, 0.1) is 0 Å². The summed E-state index contributed by atoms with van der Waals surface area (Å²) >= 11 is 0. The van der Waals surface area contributed by atoms with E-state index in [2.05, 4.69) is 0 Å². The molecule has 0 aromatic carbocycles. The molecule has 0 unspecified atom stereocenters. The zero-order valence-corrected chi connectivity index (χ0v) is 13.8. The Labute approximate surface area is 141 Å². The van der Waals surface area contributed by atoms with Crippen LogP contribution >= 0.6 is 0 Å². The third-order valence-electron chi connectivity index (χ3n) is 0. The van der Waals surface area contributed by atoms with Crippen molar-refractivity contribution in [3.8, 4) is 0 Å². The minimum absolute atomic E-state index is 0. The average molecular weight is 310 g/mol. The molecule has 0 atom stereocenters. The summed E-state index contributed by atoms with van der Waals surface area (Å²) < 4.78 is 0. The van der Waals surface area contributed by atoms with Crippen molar-refractivity contribution in [2.45, 2.75) is 0 Å². The largest absolute Gasteiger partial charge is 1.00 e. The molecule has 0 fully saturated rings. The van der Waals surface area contributed by atoms with Crippen LogP contribution in [-0.2, 0) is 34.7 Å². The van der Waals surface area contributed by atoms with Gasteiger partial charge in [0.25, 0.3) is 0 Å². The first-order valence-corrected chi connectivity index (χ1v) is 0. The number of rotatable bonds is 0. The molecule has 13 heavy (non-hydrogen) atoms. The molecule has 0 bridgehead atoms. The Morgan fingerprint density at radius 3 is 0.308 bits per heavy atom. The maximum Gasteiger partial charge on any atom is 1.00 e. The average Bonchev–Trinajstić information content (AvgIpc) is 0. The quantitative estimate of drug-likeness (QED) is 0.393. The van der Waals surface area contributed by atoms with Crippen molar-refractivity contribution >= 4 is 0 Å². The first kappa shape index (κ1) is 464. The molecule has 0 aliphatic carbocycles. The van der Waals surface area contributed by atoms with E-state index in [4.69, 9.17) is 0 Å². The van der Waals surface area contributed by atoms with E-state index in [-0.39, 0.29) is 143 Å². The van der Waals surface area contributed by atoms with Gasteiger partial charge in [0.2, 0.25) is 0 Å². The van der Waals surface area contributed by atoms with Gasteiger partial charge in [-0.2, -0.15) is 0 Å². The third-order valence-corrected chi connectivity index (χ3v) is 0. The Balaban J connectivity index is 0. The van der Waals surface area contributed by atoms with Crippen LogP contribution in [-0.4, -0.2) is 49.3 Å². The van der Waals surface area contributed by atoms with Crippen molar-refractivity contribution in [1.29, 1.82) is 0 Å².